The molecule has 2 aromatic carbocycles. The van der Waals surface area contributed by atoms with E-state index in [9.17, 15) is 14.4 Å². The van der Waals surface area contributed by atoms with Gasteiger partial charge in [-0.25, -0.2) is 4.79 Å². The number of Topliss-reactive ketones (excluding diaryl/α,β-unsaturated/α-hetero) is 1. The molecule has 1 N–H and O–H groups in total. The zero-order valence-corrected chi connectivity index (χ0v) is 15.5. The van der Waals surface area contributed by atoms with E-state index >= 15 is 0 Å². The predicted molar refractivity (Wildman–Crippen MR) is 103 cm³/mol. The van der Waals surface area contributed by atoms with Crippen molar-refractivity contribution in [3.63, 3.8) is 0 Å². The highest BCUT2D eigenvalue weighted by Crippen LogP contribution is 2.19. The first-order valence-corrected chi connectivity index (χ1v) is 8.71. The molecule has 0 saturated carbocycles. The topological polar surface area (TPSA) is 85.6 Å². The number of amides is 1. The molecule has 1 heterocycles. The summed E-state index contributed by atoms with van der Waals surface area (Å²) in [6, 6.07) is 16.6. The van der Waals surface area contributed by atoms with Gasteiger partial charge in [0.1, 0.15) is 0 Å². The largest absolute Gasteiger partial charge is 0.459 e. The normalized spacial score (nSPS) is 11.5. The van der Waals surface area contributed by atoms with E-state index in [0.717, 1.165) is 5.56 Å². The number of furan rings is 1. The van der Waals surface area contributed by atoms with E-state index in [2.05, 4.69) is 5.32 Å². The molecule has 6 nitrogen and oxygen atoms in total. The van der Waals surface area contributed by atoms with Crippen molar-refractivity contribution in [3.8, 4) is 0 Å². The third kappa shape index (κ3) is 4.35. The Morgan fingerprint density at radius 2 is 1.71 bits per heavy atom. The average Bonchev–Trinajstić information content (AvgIpc) is 3.24. The van der Waals surface area contributed by atoms with Gasteiger partial charge in [-0.1, -0.05) is 36.4 Å². The molecule has 0 fully saturated rings. The molecule has 1 aromatic heterocycles. The smallest absolute Gasteiger partial charge is 0.338 e. The van der Waals surface area contributed by atoms with Gasteiger partial charge in [0, 0.05) is 11.3 Å². The minimum Gasteiger partial charge on any atom is -0.459 e. The third-order valence-electron chi connectivity index (χ3n) is 4.18. The van der Waals surface area contributed by atoms with Crippen molar-refractivity contribution >= 4 is 23.3 Å². The lowest BCUT2D eigenvalue weighted by molar-refractivity contribution is 0.0319. The number of aryl methyl sites for hydroxylation is 1. The van der Waals surface area contributed by atoms with Gasteiger partial charge in [0.25, 0.3) is 5.91 Å². The number of carbonyl (C=O) groups is 3. The SMILES string of the molecule is Cc1ccc(C(=O)OC(C)C(=O)c2ccccc2)cc1NC(=O)c1ccco1. The van der Waals surface area contributed by atoms with Gasteiger partial charge in [0.15, 0.2) is 11.9 Å². The van der Waals surface area contributed by atoms with E-state index in [0.29, 0.717) is 11.3 Å². The molecule has 0 spiro atoms. The van der Waals surface area contributed by atoms with Crippen LogP contribution in [0.2, 0.25) is 0 Å². The van der Waals surface area contributed by atoms with Crippen LogP contribution in [-0.4, -0.2) is 23.8 Å². The molecule has 3 aromatic rings. The van der Waals surface area contributed by atoms with Gasteiger partial charge in [-0.3, -0.25) is 9.59 Å². The molecule has 3 rings (SSSR count). The van der Waals surface area contributed by atoms with Crippen molar-refractivity contribution in [1.82, 2.24) is 0 Å². The van der Waals surface area contributed by atoms with Gasteiger partial charge >= 0.3 is 5.97 Å². The summed E-state index contributed by atoms with van der Waals surface area (Å²) in [5.74, 6) is -1.20. The number of hydrogen-bond acceptors (Lipinski definition) is 5. The summed E-state index contributed by atoms with van der Waals surface area (Å²) in [6.07, 6.45) is 0.470. The van der Waals surface area contributed by atoms with Crippen LogP contribution in [0, 0.1) is 6.92 Å². The highest BCUT2D eigenvalue weighted by atomic mass is 16.5. The van der Waals surface area contributed by atoms with Crippen LogP contribution in [0.25, 0.3) is 0 Å². The summed E-state index contributed by atoms with van der Waals surface area (Å²) in [7, 11) is 0. The average molecular weight is 377 g/mol. The Kier molecular flexibility index (Phi) is 5.69. The molecule has 142 valence electrons. The lowest BCUT2D eigenvalue weighted by atomic mass is 10.1. The van der Waals surface area contributed by atoms with Gasteiger partial charge in [-0.15, -0.1) is 0 Å². The summed E-state index contributed by atoms with van der Waals surface area (Å²) >= 11 is 0. The molecule has 1 atom stereocenters. The second kappa shape index (κ2) is 8.35. The van der Waals surface area contributed by atoms with Crippen LogP contribution in [0.4, 0.5) is 5.69 Å². The molecule has 0 aliphatic carbocycles. The molecule has 0 aliphatic rings. The zero-order chi connectivity index (χ0) is 20.1. The van der Waals surface area contributed by atoms with E-state index in [-0.39, 0.29) is 17.1 Å². The number of ketones is 1. The van der Waals surface area contributed by atoms with Crippen molar-refractivity contribution in [2.75, 3.05) is 5.32 Å². The molecule has 0 aliphatic heterocycles. The maximum atomic E-state index is 12.5. The number of nitrogens with one attached hydrogen (secondary N) is 1. The van der Waals surface area contributed by atoms with Gasteiger partial charge in [0.05, 0.1) is 11.8 Å². The number of hydrogen-bond donors (Lipinski definition) is 1. The highest BCUT2D eigenvalue weighted by molar-refractivity contribution is 6.04. The lowest BCUT2D eigenvalue weighted by Crippen LogP contribution is -2.24. The van der Waals surface area contributed by atoms with Crippen molar-refractivity contribution in [3.05, 3.63) is 89.4 Å². The minimum atomic E-state index is -0.933. The van der Waals surface area contributed by atoms with E-state index in [1.165, 1.54) is 19.3 Å². The fraction of sp³-hybridized carbons (Fsp3) is 0.136. The molecule has 0 radical (unpaired) electrons. The Balaban J connectivity index is 1.71. The molecule has 0 bridgehead atoms. The Hall–Kier alpha value is -3.67. The van der Waals surface area contributed by atoms with Crippen molar-refractivity contribution < 1.29 is 23.5 Å². The number of carbonyl (C=O) groups excluding carboxylic acids is 3. The van der Waals surface area contributed by atoms with Crippen LogP contribution in [0.1, 0.15) is 43.8 Å². The quantitative estimate of drug-likeness (QED) is 0.512. The standard InChI is InChI=1S/C22H19NO5/c1-14-10-11-17(13-18(14)23-21(25)19-9-6-12-27-19)22(26)28-15(2)20(24)16-7-4-3-5-8-16/h3-13,15H,1-2H3,(H,23,25). The van der Waals surface area contributed by atoms with Gasteiger partial charge in [0.2, 0.25) is 5.78 Å². The first-order chi connectivity index (χ1) is 13.5. The number of anilines is 1. The summed E-state index contributed by atoms with van der Waals surface area (Å²) in [5.41, 5.74) is 1.92. The van der Waals surface area contributed by atoms with Crippen molar-refractivity contribution in [2.45, 2.75) is 20.0 Å². The molecule has 1 amide bonds. The molecule has 1 unspecified atom stereocenters. The van der Waals surface area contributed by atoms with Gasteiger partial charge < -0.3 is 14.5 Å². The zero-order valence-electron chi connectivity index (χ0n) is 15.5. The van der Waals surface area contributed by atoms with Crippen molar-refractivity contribution in [1.29, 1.82) is 0 Å². The second-order valence-corrected chi connectivity index (χ2v) is 6.24. The molecular weight excluding hydrogens is 358 g/mol. The Morgan fingerprint density at radius 1 is 0.964 bits per heavy atom. The molecule has 28 heavy (non-hydrogen) atoms. The Morgan fingerprint density at radius 3 is 2.39 bits per heavy atom. The maximum absolute atomic E-state index is 12.5. The number of rotatable bonds is 6. The van der Waals surface area contributed by atoms with E-state index in [4.69, 9.17) is 9.15 Å². The van der Waals surface area contributed by atoms with E-state index < -0.39 is 18.0 Å². The molecule has 6 heteroatoms. The Bertz CT molecular complexity index is 993. The van der Waals surface area contributed by atoms with Crippen molar-refractivity contribution in [2.24, 2.45) is 0 Å². The van der Waals surface area contributed by atoms with E-state index in [1.807, 2.05) is 0 Å². The Labute approximate surface area is 162 Å². The van der Waals surface area contributed by atoms with Crippen LogP contribution < -0.4 is 5.32 Å². The number of esters is 1. The van der Waals surface area contributed by atoms with Crippen LogP contribution in [0.15, 0.2) is 71.3 Å². The number of ether oxygens (including phenoxy) is 1. The summed E-state index contributed by atoms with van der Waals surface area (Å²) in [5, 5.41) is 2.70. The molecule has 0 saturated heterocycles. The summed E-state index contributed by atoms with van der Waals surface area (Å²) in [6.45, 7) is 3.33. The van der Waals surface area contributed by atoms with Crippen LogP contribution in [-0.2, 0) is 4.74 Å². The van der Waals surface area contributed by atoms with Gasteiger partial charge in [-0.2, -0.15) is 0 Å². The second-order valence-electron chi connectivity index (χ2n) is 6.24. The van der Waals surface area contributed by atoms with Crippen LogP contribution in [0.5, 0.6) is 0 Å². The third-order valence-corrected chi connectivity index (χ3v) is 4.18. The molecular formula is C22H19NO5. The first-order valence-electron chi connectivity index (χ1n) is 8.71. The number of benzene rings is 2. The fourth-order valence-electron chi connectivity index (χ4n) is 2.59. The summed E-state index contributed by atoms with van der Waals surface area (Å²) < 4.78 is 10.4. The fourth-order valence-corrected chi connectivity index (χ4v) is 2.59. The highest BCUT2D eigenvalue weighted by Gasteiger charge is 2.21. The maximum Gasteiger partial charge on any atom is 0.338 e. The summed E-state index contributed by atoms with van der Waals surface area (Å²) in [4.78, 5) is 37.0. The predicted octanol–water partition coefficient (Wildman–Crippen LogP) is 4.27. The van der Waals surface area contributed by atoms with Gasteiger partial charge in [-0.05, 0) is 43.7 Å². The monoisotopic (exact) mass is 377 g/mol. The van der Waals surface area contributed by atoms with Crippen LogP contribution in [0.3, 0.4) is 0 Å². The lowest BCUT2D eigenvalue weighted by Gasteiger charge is -2.14. The van der Waals surface area contributed by atoms with Crippen LogP contribution >= 0.6 is 0 Å². The first kappa shape index (κ1) is 19.1. The van der Waals surface area contributed by atoms with E-state index in [1.54, 1.807) is 61.5 Å². The minimum absolute atomic E-state index is 0.162.